The molecule has 0 aromatic heterocycles. The predicted octanol–water partition coefficient (Wildman–Crippen LogP) is 10.2. The van der Waals surface area contributed by atoms with Crippen LogP contribution in [0.3, 0.4) is 0 Å². The van der Waals surface area contributed by atoms with Gasteiger partial charge in [-0.15, -0.1) is 0 Å². The van der Waals surface area contributed by atoms with Crippen molar-refractivity contribution in [1.82, 2.24) is 0 Å². The minimum Gasteiger partial charge on any atom is -0.203 e. The molecule has 2 aliphatic rings. The summed E-state index contributed by atoms with van der Waals surface area (Å²) in [6, 6.07) is 6.67. The Kier molecular flexibility index (Phi) is 11.3. The standard InChI is InChI=1S/2C14H16F2.2CH4/c2*1-9-3-6-11(7-4-9)12-8-5-10(2)13(15)14(12)16;;/h2*5-6,8-9H,3-4,7H2,1-2H3;2*1H4. The molecule has 2 unspecified atom stereocenters. The highest BCUT2D eigenvalue weighted by molar-refractivity contribution is 5.68. The van der Waals surface area contributed by atoms with Gasteiger partial charge in [0.05, 0.1) is 0 Å². The maximum absolute atomic E-state index is 13.7. The Morgan fingerprint density at radius 3 is 1.24 bits per heavy atom. The summed E-state index contributed by atoms with van der Waals surface area (Å²) in [5, 5.41) is 0. The molecule has 0 fully saturated rings. The van der Waals surface area contributed by atoms with Crippen LogP contribution in [0.4, 0.5) is 17.6 Å². The highest BCUT2D eigenvalue weighted by Gasteiger charge is 2.18. The van der Waals surface area contributed by atoms with Crippen molar-refractivity contribution in [3.63, 3.8) is 0 Å². The number of hydrogen-bond donors (Lipinski definition) is 0. The lowest BCUT2D eigenvalue weighted by Gasteiger charge is -2.19. The Morgan fingerprint density at radius 2 is 0.941 bits per heavy atom. The third kappa shape index (κ3) is 6.84. The summed E-state index contributed by atoms with van der Waals surface area (Å²) in [6.45, 7) is 7.53. The number of allylic oxidation sites excluding steroid dienone is 4. The third-order valence-corrected chi connectivity index (χ3v) is 6.59. The summed E-state index contributed by atoms with van der Waals surface area (Å²) in [7, 11) is 0. The first-order valence-corrected chi connectivity index (χ1v) is 11.5. The zero-order valence-electron chi connectivity index (χ0n) is 19.4. The second kappa shape index (κ2) is 12.9. The fraction of sp³-hybridized carbons (Fsp3) is 0.467. The van der Waals surface area contributed by atoms with E-state index in [2.05, 4.69) is 13.8 Å². The molecule has 0 spiro atoms. The summed E-state index contributed by atoms with van der Waals surface area (Å²) >= 11 is 0. The molecule has 0 N–H and O–H groups in total. The van der Waals surface area contributed by atoms with Crippen LogP contribution < -0.4 is 0 Å². The van der Waals surface area contributed by atoms with E-state index in [1.807, 2.05) is 12.2 Å². The van der Waals surface area contributed by atoms with Crippen molar-refractivity contribution in [2.45, 2.75) is 81.1 Å². The van der Waals surface area contributed by atoms with Crippen molar-refractivity contribution in [3.8, 4) is 0 Å². The van der Waals surface area contributed by atoms with Crippen LogP contribution in [0, 0.1) is 49.0 Å². The van der Waals surface area contributed by atoms with Gasteiger partial charge in [-0.05, 0) is 86.5 Å². The van der Waals surface area contributed by atoms with Crippen LogP contribution >= 0.6 is 0 Å². The molecule has 0 nitrogen and oxygen atoms in total. The van der Waals surface area contributed by atoms with E-state index in [0.717, 1.165) is 49.7 Å². The Morgan fingerprint density at radius 1 is 0.588 bits per heavy atom. The minimum absolute atomic E-state index is 0. The van der Waals surface area contributed by atoms with E-state index in [1.54, 1.807) is 38.1 Å². The van der Waals surface area contributed by atoms with Crippen molar-refractivity contribution in [2.24, 2.45) is 11.8 Å². The molecular formula is C30H40F4. The molecular weight excluding hydrogens is 436 g/mol. The summed E-state index contributed by atoms with van der Waals surface area (Å²) < 4.78 is 54.3. The van der Waals surface area contributed by atoms with Crippen molar-refractivity contribution >= 4 is 11.1 Å². The van der Waals surface area contributed by atoms with E-state index in [4.69, 9.17) is 0 Å². The normalized spacial score (nSPS) is 19.5. The van der Waals surface area contributed by atoms with Gasteiger partial charge >= 0.3 is 0 Å². The van der Waals surface area contributed by atoms with Gasteiger partial charge in [0.15, 0.2) is 23.3 Å². The third-order valence-electron chi connectivity index (χ3n) is 6.59. The zero-order valence-corrected chi connectivity index (χ0v) is 19.4. The largest absolute Gasteiger partial charge is 0.203 e. The highest BCUT2D eigenvalue weighted by atomic mass is 19.2. The molecule has 2 aromatic carbocycles. The topological polar surface area (TPSA) is 0 Å². The molecule has 4 heteroatoms. The molecule has 34 heavy (non-hydrogen) atoms. The van der Waals surface area contributed by atoms with E-state index in [9.17, 15) is 17.6 Å². The van der Waals surface area contributed by atoms with Crippen molar-refractivity contribution in [1.29, 1.82) is 0 Å². The first-order valence-electron chi connectivity index (χ1n) is 11.5. The van der Waals surface area contributed by atoms with Crippen LogP contribution in [0.15, 0.2) is 36.4 Å². The van der Waals surface area contributed by atoms with Gasteiger partial charge in [-0.3, -0.25) is 0 Å². The summed E-state index contributed by atoms with van der Waals surface area (Å²) in [5.74, 6) is -1.50. The van der Waals surface area contributed by atoms with E-state index in [0.29, 0.717) is 34.1 Å². The molecule has 0 amide bonds. The Hall–Kier alpha value is -2.36. The van der Waals surface area contributed by atoms with Crippen LogP contribution in [0.2, 0.25) is 0 Å². The molecule has 2 aliphatic carbocycles. The number of halogens is 4. The second-order valence-corrected chi connectivity index (χ2v) is 9.33. The lowest BCUT2D eigenvalue weighted by atomic mass is 9.87. The predicted molar refractivity (Wildman–Crippen MR) is 138 cm³/mol. The molecule has 0 aliphatic heterocycles. The first-order chi connectivity index (χ1) is 15.2. The second-order valence-electron chi connectivity index (χ2n) is 9.33. The summed E-state index contributed by atoms with van der Waals surface area (Å²) in [5.41, 5.74) is 3.52. The van der Waals surface area contributed by atoms with Gasteiger partial charge in [0.1, 0.15) is 0 Å². The summed E-state index contributed by atoms with van der Waals surface area (Å²) in [4.78, 5) is 0. The van der Waals surface area contributed by atoms with E-state index < -0.39 is 23.3 Å². The molecule has 2 aromatic rings. The van der Waals surface area contributed by atoms with Crippen LogP contribution in [0.1, 0.15) is 89.5 Å². The minimum atomic E-state index is -0.711. The lowest BCUT2D eigenvalue weighted by molar-refractivity contribution is 0.496. The fourth-order valence-corrected chi connectivity index (χ4v) is 4.21. The average molecular weight is 477 g/mol. The van der Waals surface area contributed by atoms with E-state index in [1.165, 1.54) is 0 Å². The first kappa shape index (κ1) is 29.7. The quantitative estimate of drug-likeness (QED) is 0.378. The summed E-state index contributed by atoms with van der Waals surface area (Å²) in [6.07, 6.45) is 9.82. The molecule has 0 heterocycles. The Balaban J connectivity index is 0.000000321. The van der Waals surface area contributed by atoms with Gasteiger partial charge in [-0.2, -0.15) is 0 Å². The number of aryl methyl sites for hydroxylation is 2. The number of benzene rings is 2. The van der Waals surface area contributed by atoms with E-state index in [-0.39, 0.29) is 14.9 Å². The lowest BCUT2D eigenvalue weighted by Crippen LogP contribution is -2.03. The molecule has 0 saturated carbocycles. The van der Waals surface area contributed by atoms with E-state index >= 15 is 0 Å². The molecule has 4 rings (SSSR count). The number of hydrogen-bond acceptors (Lipinski definition) is 0. The van der Waals surface area contributed by atoms with Gasteiger partial charge in [0, 0.05) is 11.1 Å². The molecule has 188 valence electrons. The molecule has 0 saturated heterocycles. The van der Waals surface area contributed by atoms with Gasteiger partial charge in [-0.25, -0.2) is 17.6 Å². The van der Waals surface area contributed by atoms with Crippen LogP contribution in [-0.2, 0) is 0 Å². The smallest absolute Gasteiger partial charge is 0.166 e. The fourth-order valence-electron chi connectivity index (χ4n) is 4.21. The highest BCUT2D eigenvalue weighted by Crippen LogP contribution is 2.33. The van der Waals surface area contributed by atoms with Crippen LogP contribution in [-0.4, -0.2) is 0 Å². The maximum atomic E-state index is 13.7. The van der Waals surface area contributed by atoms with Crippen LogP contribution in [0.5, 0.6) is 0 Å². The van der Waals surface area contributed by atoms with Crippen molar-refractivity contribution in [3.05, 3.63) is 81.9 Å². The van der Waals surface area contributed by atoms with Crippen molar-refractivity contribution in [2.75, 3.05) is 0 Å². The average Bonchev–Trinajstić information content (AvgIpc) is 2.78. The maximum Gasteiger partial charge on any atom is 0.166 e. The van der Waals surface area contributed by atoms with Gasteiger partial charge < -0.3 is 0 Å². The Labute approximate surface area is 203 Å². The molecule has 0 radical (unpaired) electrons. The molecule has 0 bridgehead atoms. The Bertz CT molecular complexity index is 949. The van der Waals surface area contributed by atoms with Crippen LogP contribution in [0.25, 0.3) is 11.1 Å². The molecule has 2 atom stereocenters. The van der Waals surface area contributed by atoms with Crippen molar-refractivity contribution < 1.29 is 17.6 Å². The van der Waals surface area contributed by atoms with Gasteiger partial charge in [0.25, 0.3) is 0 Å². The van der Waals surface area contributed by atoms with Gasteiger partial charge in [0.2, 0.25) is 0 Å². The van der Waals surface area contributed by atoms with Gasteiger partial charge in [-0.1, -0.05) is 65.1 Å². The SMILES string of the molecule is C.C.Cc1ccc(C2=CCC(C)CC2)c(F)c1F.Cc1ccc(C2=CCC(C)CC2)c(F)c1F. The zero-order chi connectivity index (χ0) is 23.4. The monoisotopic (exact) mass is 476 g/mol. The number of rotatable bonds is 2.